The molecule has 0 aromatic heterocycles. The van der Waals surface area contributed by atoms with Crippen molar-refractivity contribution >= 4 is 11.9 Å². The van der Waals surface area contributed by atoms with Gasteiger partial charge in [-0.25, -0.2) is 0 Å². The minimum Gasteiger partial charge on any atom is -0.481 e. The van der Waals surface area contributed by atoms with Gasteiger partial charge in [0.15, 0.2) is 0 Å². The Bertz CT molecular complexity index is 530. The van der Waals surface area contributed by atoms with E-state index in [-0.39, 0.29) is 6.42 Å². The van der Waals surface area contributed by atoms with Crippen LogP contribution in [-0.4, -0.2) is 41.1 Å². The molecule has 7 heteroatoms. The minimum atomic E-state index is -4.62. The summed E-state index contributed by atoms with van der Waals surface area (Å²) >= 11 is 0. The Morgan fingerprint density at radius 1 is 1.19 bits per heavy atom. The van der Waals surface area contributed by atoms with Crippen molar-refractivity contribution in [2.45, 2.75) is 12.6 Å². The standard InChI is InChI=1S/C14H14F3NO3/c15-14(16,17)11-8-18(7-10(11)13(20)21)12(19)6-9-4-2-1-3-5-9/h1-5,10-11H,6-8H2,(H,20,21)/t10-,11-/m1/s1. The van der Waals surface area contributed by atoms with Gasteiger partial charge in [0.1, 0.15) is 0 Å². The monoisotopic (exact) mass is 301 g/mol. The number of rotatable bonds is 3. The first-order valence-electron chi connectivity index (χ1n) is 6.40. The third-order valence-electron chi connectivity index (χ3n) is 3.61. The first-order valence-corrected chi connectivity index (χ1v) is 6.40. The van der Waals surface area contributed by atoms with Crippen LogP contribution in [0.5, 0.6) is 0 Å². The molecule has 0 spiro atoms. The van der Waals surface area contributed by atoms with E-state index in [0.29, 0.717) is 5.56 Å². The Morgan fingerprint density at radius 3 is 2.29 bits per heavy atom. The summed E-state index contributed by atoms with van der Waals surface area (Å²) in [7, 11) is 0. The largest absolute Gasteiger partial charge is 0.481 e. The fraction of sp³-hybridized carbons (Fsp3) is 0.429. The summed E-state index contributed by atoms with van der Waals surface area (Å²) in [6.07, 6.45) is -4.65. The molecule has 1 fully saturated rings. The summed E-state index contributed by atoms with van der Waals surface area (Å²) in [5.74, 6) is -5.61. The fourth-order valence-corrected chi connectivity index (χ4v) is 2.47. The lowest BCUT2D eigenvalue weighted by Gasteiger charge is -2.18. The summed E-state index contributed by atoms with van der Waals surface area (Å²) in [5.41, 5.74) is 0.685. The molecule has 0 unspecified atom stereocenters. The highest BCUT2D eigenvalue weighted by molar-refractivity contribution is 5.81. The molecule has 1 N–H and O–H groups in total. The Hall–Kier alpha value is -2.05. The minimum absolute atomic E-state index is 0.0300. The van der Waals surface area contributed by atoms with Gasteiger partial charge >= 0.3 is 12.1 Å². The summed E-state index contributed by atoms with van der Waals surface area (Å²) in [6, 6.07) is 8.62. The second-order valence-electron chi connectivity index (χ2n) is 5.05. The molecule has 4 nitrogen and oxygen atoms in total. The van der Waals surface area contributed by atoms with Crippen LogP contribution in [0.3, 0.4) is 0 Å². The van der Waals surface area contributed by atoms with E-state index >= 15 is 0 Å². The number of carbonyl (C=O) groups excluding carboxylic acids is 1. The molecule has 1 aromatic carbocycles. The number of aliphatic carboxylic acids is 1. The van der Waals surface area contributed by atoms with Crippen molar-refractivity contribution in [1.82, 2.24) is 4.90 Å². The van der Waals surface area contributed by atoms with Crippen molar-refractivity contribution in [2.75, 3.05) is 13.1 Å². The van der Waals surface area contributed by atoms with Crippen molar-refractivity contribution in [3.05, 3.63) is 35.9 Å². The normalized spacial score (nSPS) is 22.3. The molecule has 0 saturated carbocycles. The molecule has 1 amide bonds. The summed E-state index contributed by atoms with van der Waals surface area (Å²) in [5, 5.41) is 8.90. The van der Waals surface area contributed by atoms with Gasteiger partial charge in [-0.05, 0) is 5.56 Å². The van der Waals surface area contributed by atoms with E-state index in [2.05, 4.69) is 0 Å². The van der Waals surface area contributed by atoms with E-state index < -0.39 is 43.0 Å². The third-order valence-corrected chi connectivity index (χ3v) is 3.61. The van der Waals surface area contributed by atoms with Gasteiger partial charge in [-0.15, -0.1) is 0 Å². The summed E-state index contributed by atoms with van der Waals surface area (Å²) < 4.78 is 38.5. The first-order chi connectivity index (χ1) is 9.79. The van der Waals surface area contributed by atoms with Gasteiger partial charge < -0.3 is 10.0 Å². The molecule has 1 saturated heterocycles. The zero-order valence-electron chi connectivity index (χ0n) is 11.0. The number of carbonyl (C=O) groups is 2. The number of halogens is 3. The Balaban J connectivity index is 2.08. The molecule has 0 bridgehead atoms. The van der Waals surface area contributed by atoms with Gasteiger partial charge in [0.25, 0.3) is 0 Å². The lowest BCUT2D eigenvalue weighted by Crippen LogP contribution is -2.34. The second kappa shape index (κ2) is 5.75. The average molecular weight is 301 g/mol. The molecule has 1 aliphatic heterocycles. The van der Waals surface area contributed by atoms with Crippen molar-refractivity contribution in [2.24, 2.45) is 11.8 Å². The maximum absolute atomic E-state index is 12.8. The van der Waals surface area contributed by atoms with Crippen LogP contribution in [0, 0.1) is 11.8 Å². The van der Waals surface area contributed by atoms with Gasteiger partial charge in [-0.1, -0.05) is 30.3 Å². The maximum Gasteiger partial charge on any atom is 0.394 e. The average Bonchev–Trinajstić information content (AvgIpc) is 2.85. The molecule has 1 aromatic rings. The molecule has 1 aliphatic rings. The number of carboxylic acids is 1. The highest BCUT2D eigenvalue weighted by atomic mass is 19.4. The van der Waals surface area contributed by atoms with Crippen molar-refractivity contribution in [3.63, 3.8) is 0 Å². The second-order valence-corrected chi connectivity index (χ2v) is 5.05. The number of amides is 1. The topological polar surface area (TPSA) is 57.6 Å². The van der Waals surface area contributed by atoms with E-state index in [4.69, 9.17) is 5.11 Å². The van der Waals surface area contributed by atoms with E-state index in [9.17, 15) is 22.8 Å². The number of likely N-dealkylation sites (tertiary alicyclic amines) is 1. The van der Waals surface area contributed by atoms with Crippen molar-refractivity contribution < 1.29 is 27.9 Å². The number of nitrogens with zero attached hydrogens (tertiary/aromatic N) is 1. The van der Waals surface area contributed by atoms with Crippen LogP contribution >= 0.6 is 0 Å². The number of carboxylic acid groups (broad SMARTS) is 1. The van der Waals surface area contributed by atoms with Gasteiger partial charge in [-0.2, -0.15) is 13.2 Å². The Labute approximate surface area is 119 Å². The van der Waals surface area contributed by atoms with E-state index in [1.165, 1.54) is 0 Å². The fourth-order valence-electron chi connectivity index (χ4n) is 2.47. The first kappa shape index (κ1) is 15.3. The number of hydrogen-bond donors (Lipinski definition) is 1. The third kappa shape index (κ3) is 3.53. The molecule has 21 heavy (non-hydrogen) atoms. The number of hydrogen-bond acceptors (Lipinski definition) is 2. The summed E-state index contributed by atoms with van der Waals surface area (Å²) in [6.45, 7) is -0.989. The highest BCUT2D eigenvalue weighted by Gasteiger charge is 2.53. The van der Waals surface area contributed by atoms with Crippen LogP contribution in [0.25, 0.3) is 0 Å². The van der Waals surface area contributed by atoms with Crippen LogP contribution in [0.1, 0.15) is 5.56 Å². The zero-order chi connectivity index (χ0) is 15.6. The van der Waals surface area contributed by atoms with Crippen molar-refractivity contribution in [1.29, 1.82) is 0 Å². The van der Waals surface area contributed by atoms with E-state index in [1.54, 1.807) is 30.3 Å². The highest BCUT2D eigenvalue weighted by Crippen LogP contribution is 2.37. The molecular formula is C14H14F3NO3. The van der Waals surface area contributed by atoms with Crippen LogP contribution in [0.2, 0.25) is 0 Å². The molecular weight excluding hydrogens is 287 g/mol. The molecule has 0 radical (unpaired) electrons. The van der Waals surface area contributed by atoms with Crippen molar-refractivity contribution in [3.8, 4) is 0 Å². The van der Waals surface area contributed by atoms with Gasteiger partial charge in [0.2, 0.25) is 5.91 Å². The predicted molar refractivity (Wildman–Crippen MR) is 67.4 cm³/mol. The molecule has 0 aliphatic carbocycles. The smallest absolute Gasteiger partial charge is 0.394 e. The quantitative estimate of drug-likeness (QED) is 0.928. The maximum atomic E-state index is 12.8. The summed E-state index contributed by atoms with van der Waals surface area (Å²) in [4.78, 5) is 24.0. The van der Waals surface area contributed by atoms with Gasteiger partial charge in [0.05, 0.1) is 18.3 Å². The molecule has 1 heterocycles. The van der Waals surface area contributed by atoms with Gasteiger partial charge in [-0.3, -0.25) is 9.59 Å². The number of benzene rings is 1. The van der Waals surface area contributed by atoms with Crippen LogP contribution in [0.15, 0.2) is 30.3 Å². The Morgan fingerprint density at radius 2 is 1.81 bits per heavy atom. The van der Waals surface area contributed by atoms with Crippen LogP contribution in [-0.2, 0) is 16.0 Å². The van der Waals surface area contributed by atoms with Crippen LogP contribution < -0.4 is 0 Å². The predicted octanol–water partition coefficient (Wildman–Crippen LogP) is 1.95. The SMILES string of the molecule is O=C(O)[C@@H]1CN(C(=O)Cc2ccccc2)C[C@H]1C(F)(F)F. The lowest BCUT2D eigenvalue weighted by atomic mass is 9.96. The molecule has 2 rings (SSSR count). The molecule has 2 atom stereocenters. The molecule has 114 valence electrons. The zero-order valence-corrected chi connectivity index (χ0v) is 11.0. The lowest BCUT2D eigenvalue weighted by molar-refractivity contribution is -0.188. The van der Waals surface area contributed by atoms with Gasteiger partial charge in [0, 0.05) is 13.1 Å². The number of alkyl halides is 3. The van der Waals surface area contributed by atoms with Crippen LogP contribution in [0.4, 0.5) is 13.2 Å². The van der Waals surface area contributed by atoms with E-state index in [0.717, 1.165) is 4.90 Å². The Kier molecular flexibility index (Phi) is 4.20. The van der Waals surface area contributed by atoms with E-state index in [1.807, 2.05) is 0 Å².